The highest BCUT2D eigenvalue weighted by atomic mass is 35.5. The third kappa shape index (κ3) is 3.35. The summed E-state index contributed by atoms with van der Waals surface area (Å²) in [7, 11) is 0. The molecule has 1 fully saturated rings. The Morgan fingerprint density at radius 3 is 2.56 bits per heavy atom. The average molecular weight is 255 g/mol. The fourth-order valence-corrected chi connectivity index (χ4v) is 1.96. The van der Waals surface area contributed by atoms with Crippen molar-refractivity contribution in [2.24, 2.45) is 0 Å². The van der Waals surface area contributed by atoms with E-state index in [-0.39, 0.29) is 6.04 Å². The number of hydrogen-bond acceptors (Lipinski definition) is 1. The molecular weight excluding hydrogens is 240 g/mol. The molecule has 1 saturated carbocycles. The van der Waals surface area contributed by atoms with Crippen molar-refractivity contribution in [1.29, 1.82) is 0 Å². The van der Waals surface area contributed by atoms with Crippen molar-refractivity contribution in [1.82, 2.24) is 10.6 Å². The van der Waals surface area contributed by atoms with Crippen LogP contribution in [-0.4, -0.2) is 11.2 Å². The molecule has 1 aromatic rings. The van der Waals surface area contributed by atoms with Gasteiger partial charge in [0.15, 0.2) is 5.11 Å². The highest BCUT2D eigenvalue weighted by Gasteiger charge is 2.22. The molecule has 2 nitrogen and oxygen atoms in total. The molecule has 0 radical (unpaired) electrons. The smallest absolute Gasteiger partial charge is 0.166 e. The summed E-state index contributed by atoms with van der Waals surface area (Å²) in [6.07, 6.45) is 2.47. The molecule has 1 unspecified atom stereocenters. The van der Waals surface area contributed by atoms with Crippen molar-refractivity contribution >= 4 is 28.9 Å². The Bertz CT molecular complexity index is 373. The summed E-state index contributed by atoms with van der Waals surface area (Å²) in [6.45, 7) is 2.09. The van der Waals surface area contributed by atoms with E-state index in [1.54, 1.807) is 0 Å². The molecule has 16 heavy (non-hydrogen) atoms. The molecule has 0 spiro atoms. The van der Waals surface area contributed by atoms with E-state index in [0.717, 1.165) is 10.1 Å². The second kappa shape index (κ2) is 5.02. The lowest BCUT2D eigenvalue weighted by Crippen LogP contribution is -2.37. The van der Waals surface area contributed by atoms with Crippen LogP contribution in [-0.2, 0) is 0 Å². The fourth-order valence-electron chi connectivity index (χ4n) is 1.49. The molecule has 4 heteroatoms. The van der Waals surface area contributed by atoms with Crippen molar-refractivity contribution in [3.8, 4) is 0 Å². The number of benzene rings is 1. The molecule has 0 aliphatic heterocycles. The van der Waals surface area contributed by atoms with Crippen LogP contribution in [0, 0.1) is 0 Å². The molecule has 1 atom stereocenters. The lowest BCUT2D eigenvalue weighted by atomic mass is 10.1. The second-order valence-corrected chi connectivity index (χ2v) is 5.01. The topological polar surface area (TPSA) is 24.1 Å². The normalized spacial score (nSPS) is 16.6. The van der Waals surface area contributed by atoms with Crippen molar-refractivity contribution in [3.63, 3.8) is 0 Å². The maximum absolute atomic E-state index is 5.84. The van der Waals surface area contributed by atoms with Crippen LogP contribution in [0.2, 0.25) is 5.02 Å². The standard InChI is InChI=1S/C12H15ClN2S/c1-8(9-2-4-10(13)5-3-9)14-12(16)15-11-6-7-11/h2-5,8,11H,6-7H2,1H3,(H2,14,15,16). The Morgan fingerprint density at radius 2 is 2.00 bits per heavy atom. The third-order valence-corrected chi connectivity index (χ3v) is 3.12. The Kier molecular flexibility index (Phi) is 3.66. The fraction of sp³-hybridized carbons (Fsp3) is 0.417. The molecule has 1 aliphatic rings. The molecule has 0 amide bonds. The predicted molar refractivity (Wildman–Crippen MR) is 71.8 cm³/mol. The van der Waals surface area contributed by atoms with Crippen molar-refractivity contribution < 1.29 is 0 Å². The summed E-state index contributed by atoms with van der Waals surface area (Å²) in [5.41, 5.74) is 1.18. The first kappa shape index (κ1) is 11.7. The van der Waals surface area contributed by atoms with Crippen LogP contribution < -0.4 is 10.6 Å². The van der Waals surface area contributed by atoms with Gasteiger partial charge in [-0.1, -0.05) is 23.7 Å². The van der Waals surface area contributed by atoms with Crippen LogP contribution in [0.3, 0.4) is 0 Å². The van der Waals surface area contributed by atoms with Gasteiger partial charge in [0, 0.05) is 11.1 Å². The van der Waals surface area contributed by atoms with Crippen LogP contribution in [0.15, 0.2) is 24.3 Å². The van der Waals surface area contributed by atoms with Crippen molar-refractivity contribution in [2.45, 2.75) is 31.8 Å². The van der Waals surface area contributed by atoms with E-state index in [1.165, 1.54) is 18.4 Å². The Morgan fingerprint density at radius 1 is 1.38 bits per heavy atom. The van der Waals surface area contributed by atoms with E-state index in [9.17, 15) is 0 Å². The lowest BCUT2D eigenvalue weighted by molar-refractivity contribution is 0.697. The molecular formula is C12H15ClN2S. The highest BCUT2D eigenvalue weighted by molar-refractivity contribution is 7.80. The number of nitrogens with one attached hydrogen (secondary N) is 2. The molecule has 1 aromatic carbocycles. The molecule has 0 bridgehead atoms. The maximum Gasteiger partial charge on any atom is 0.166 e. The predicted octanol–water partition coefficient (Wildman–Crippen LogP) is 3.03. The van der Waals surface area contributed by atoms with Gasteiger partial charge >= 0.3 is 0 Å². The van der Waals surface area contributed by atoms with Crippen LogP contribution in [0.4, 0.5) is 0 Å². The summed E-state index contributed by atoms with van der Waals surface area (Å²) in [5.74, 6) is 0. The summed E-state index contributed by atoms with van der Waals surface area (Å²) in [5, 5.41) is 8.02. The van der Waals surface area contributed by atoms with E-state index in [0.29, 0.717) is 6.04 Å². The second-order valence-electron chi connectivity index (χ2n) is 4.17. The molecule has 0 heterocycles. The molecule has 0 saturated heterocycles. The van der Waals surface area contributed by atoms with Crippen molar-refractivity contribution in [2.75, 3.05) is 0 Å². The molecule has 0 aromatic heterocycles. The van der Waals surface area contributed by atoms with Crippen LogP contribution in [0.25, 0.3) is 0 Å². The van der Waals surface area contributed by atoms with Crippen LogP contribution in [0.5, 0.6) is 0 Å². The number of thiocarbonyl (C=S) groups is 1. The summed E-state index contributed by atoms with van der Waals surface area (Å²) >= 11 is 11.1. The van der Waals surface area contributed by atoms with E-state index in [1.807, 2.05) is 24.3 Å². The zero-order chi connectivity index (χ0) is 11.5. The van der Waals surface area contributed by atoms with Gasteiger partial charge in [0.05, 0.1) is 6.04 Å². The summed E-state index contributed by atoms with van der Waals surface area (Å²) in [6, 6.07) is 8.62. The largest absolute Gasteiger partial charge is 0.360 e. The first-order valence-corrected chi connectivity index (χ1v) is 6.26. The van der Waals surface area contributed by atoms with Gasteiger partial charge in [0.25, 0.3) is 0 Å². The first-order chi connectivity index (χ1) is 7.65. The summed E-state index contributed by atoms with van der Waals surface area (Å²) < 4.78 is 0. The van der Waals surface area contributed by atoms with E-state index < -0.39 is 0 Å². The SMILES string of the molecule is CC(NC(=S)NC1CC1)c1ccc(Cl)cc1. The van der Waals surface area contributed by atoms with Gasteiger partial charge in [-0.25, -0.2) is 0 Å². The zero-order valence-corrected chi connectivity index (χ0v) is 10.7. The minimum atomic E-state index is 0.205. The Hall–Kier alpha value is -0.800. The first-order valence-electron chi connectivity index (χ1n) is 5.47. The minimum Gasteiger partial charge on any atom is -0.360 e. The van der Waals surface area contributed by atoms with Gasteiger partial charge in [-0.3, -0.25) is 0 Å². The van der Waals surface area contributed by atoms with Gasteiger partial charge in [0.2, 0.25) is 0 Å². The number of hydrogen-bond donors (Lipinski definition) is 2. The van der Waals surface area contributed by atoms with Gasteiger partial charge in [-0.05, 0) is 49.7 Å². The molecule has 2 rings (SSSR count). The molecule has 86 valence electrons. The highest BCUT2D eigenvalue weighted by Crippen LogP contribution is 2.19. The van der Waals surface area contributed by atoms with Gasteiger partial charge < -0.3 is 10.6 Å². The maximum atomic E-state index is 5.84. The zero-order valence-electron chi connectivity index (χ0n) is 9.16. The quantitative estimate of drug-likeness (QED) is 0.811. The van der Waals surface area contributed by atoms with Gasteiger partial charge in [-0.15, -0.1) is 0 Å². The number of rotatable bonds is 3. The molecule has 2 N–H and O–H groups in total. The third-order valence-electron chi connectivity index (χ3n) is 2.63. The molecule has 1 aliphatic carbocycles. The average Bonchev–Trinajstić information content (AvgIpc) is 3.02. The van der Waals surface area contributed by atoms with E-state index in [4.69, 9.17) is 23.8 Å². The minimum absolute atomic E-state index is 0.205. The van der Waals surface area contributed by atoms with Gasteiger partial charge in [-0.2, -0.15) is 0 Å². The monoisotopic (exact) mass is 254 g/mol. The Balaban J connectivity index is 1.88. The van der Waals surface area contributed by atoms with Gasteiger partial charge in [0.1, 0.15) is 0 Å². The van der Waals surface area contributed by atoms with E-state index >= 15 is 0 Å². The van der Waals surface area contributed by atoms with Crippen LogP contribution in [0.1, 0.15) is 31.4 Å². The van der Waals surface area contributed by atoms with Crippen molar-refractivity contribution in [3.05, 3.63) is 34.9 Å². The summed E-state index contributed by atoms with van der Waals surface area (Å²) in [4.78, 5) is 0. The number of halogens is 1. The Labute approximate surface area is 106 Å². The van der Waals surface area contributed by atoms with E-state index in [2.05, 4.69) is 17.6 Å². The lowest BCUT2D eigenvalue weighted by Gasteiger charge is -2.17. The van der Waals surface area contributed by atoms with Crippen LogP contribution >= 0.6 is 23.8 Å².